The molecule has 0 aromatic heterocycles. The summed E-state index contributed by atoms with van der Waals surface area (Å²) < 4.78 is 10.6. The van der Waals surface area contributed by atoms with Gasteiger partial charge in [-0.25, -0.2) is 0 Å². The van der Waals surface area contributed by atoms with E-state index in [0.29, 0.717) is 6.79 Å². The standard InChI is InChI=1S/C10H8N2O2/c1-2-11-12-5-8-4-10-9(3-7(1)8)13-6-14-10/h1-3,5H,4,6H2. The van der Waals surface area contributed by atoms with Crippen LogP contribution < -0.4 is 0 Å². The van der Waals surface area contributed by atoms with Gasteiger partial charge in [-0.15, -0.1) is 0 Å². The lowest BCUT2D eigenvalue weighted by molar-refractivity contribution is 0.0736. The maximum atomic E-state index is 5.32. The number of ether oxygens (including phenoxy) is 2. The first-order valence-corrected chi connectivity index (χ1v) is 4.40. The molecule has 4 heteroatoms. The van der Waals surface area contributed by atoms with Crippen molar-refractivity contribution in [2.24, 2.45) is 10.2 Å². The number of nitrogens with zero attached hydrogens (tertiary/aromatic N) is 2. The van der Waals surface area contributed by atoms with E-state index in [-0.39, 0.29) is 0 Å². The second-order valence-electron chi connectivity index (χ2n) is 3.17. The molecule has 3 rings (SSSR count). The smallest absolute Gasteiger partial charge is 0.230 e. The summed E-state index contributed by atoms with van der Waals surface area (Å²) in [5.41, 5.74) is 2.21. The molecule has 0 saturated heterocycles. The SMILES string of the molecule is C1=CC2=CC3=C(CC2=CN=N1)OCO3. The summed E-state index contributed by atoms with van der Waals surface area (Å²) in [4.78, 5) is 0. The van der Waals surface area contributed by atoms with Gasteiger partial charge in [0.25, 0.3) is 0 Å². The van der Waals surface area contributed by atoms with E-state index in [1.807, 2.05) is 12.2 Å². The predicted octanol–water partition coefficient (Wildman–Crippen LogP) is 2.40. The molecular weight excluding hydrogens is 180 g/mol. The van der Waals surface area contributed by atoms with Gasteiger partial charge in [0.15, 0.2) is 5.76 Å². The highest BCUT2D eigenvalue weighted by molar-refractivity contribution is 5.49. The third-order valence-electron chi connectivity index (χ3n) is 2.33. The molecule has 3 aliphatic rings. The summed E-state index contributed by atoms with van der Waals surface area (Å²) in [5.74, 6) is 1.73. The van der Waals surface area contributed by atoms with Gasteiger partial charge in [0.1, 0.15) is 5.76 Å². The minimum Gasteiger partial charge on any atom is -0.458 e. The first-order chi connectivity index (χ1) is 6.93. The Morgan fingerprint density at radius 2 is 2.21 bits per heavy atom. The van der Waals surface area contributed by atoms with E-state index in [1.165, 1.54) is 0 Å². The predicted molar refractivity (Wildman–Crippen MR) is 48.8 cm³/mol. The number of hydrogen-bond donors (Lipinski definition) is 0. The molecular formula is C10H8N2O2. The van der Waals surface area contributed by atoms with E-state index in [4.69, 9.17) is 9.47 Å². The van der Waals surface area contributed by atoms with E-state index in [1.54, 1.807) is 12.4 Å². The van der Waals surface area contributed by atoms with Crippen LogP contribution in [0.4, 0.5) is 0 Å². The highest BCUT2D eigenvalue weighted by atomic mass is 16.7. The molecule has 2 aliphatic heterocycles. The first kappa shape index (κ1) is 7.55. The fourth-order valence-electron chi connectivity index (χ4n) is 1.62. The zero-order valence-electron chi connectivity index (χ0n) is 7.43. The maximum absolute atomic E-state index is 5.32. The molecule has 70 valence electrons. The van der Waals surface area contributed by atoms with Crippen molar-refractivity contribution in [1.29, 1.82) is 0 Å². The average Bonchev–Trinajstić information content (AvgIpc) is 2.51. The fraction of sp³-hybridized carbons (Fsp3) is 0.200. The molecule has 0 aromatic rings. The van der Waals surface area contributed by atoms with Crippen LogP contribution in [0.5, 0.6) is 0 Å². The Morgan fingerprint density at radius 3 is 3.21 bits per heavy atom. The van der Waals surface area contributed by atoms with Crippen LogP contribution in [-0.2, 0) is 9.47 Å². The van der Waals surface area contributed by atoms with Crippen LogP contribution >= 0.6 is 0 Å². The van der Waals surface area contributed by atoms with Crippen molar-refractivity contribution in [2.45, 2.75) is 6.42 Å². The summed E-state index contributed by atoms with van der Waals surface area (Å²) in [6.45, 7) is 0.326. The Hall–Kier alpha value is -1.84. The van der Waals surface area contributed by atoms with Gasteiger partial charge < -0.3 is 9.47 Å². The second kappa shape index (κ2) is 2.83. The third kappa shape index (κ3) is 1.08. The Labute approximate surface area is 80.9 Å². The molecule has 0 fully saturated rings. The van der Waals surface area contributed by atoms with Gasteiger partial charge >= 0.3 is 0 Å². The Kier molecular flexibility index (Phi) is 1.53. The van der Waals surface area contributed by atoms with E-state index in [9.17, 15) is 0 Å². The molecule has 0 spiro atoms. The molecule has 0 radical (unpaired) electrons. The first-order valence-electron chi connectivity index (χ1n) is 4.40. The van der Waals surface area contributed by atoms with Crippen molar-refractivity contribution in [3.63, 3.8) is 0 Å². The Balaban J connectivity index is 2.06. The number of allylic oxidation sites excluding steroid dienone is 4. The van der Waals surface area contributed by atoms with Gasteiger partial charge in [-0.05, 0) is 23.3 Å². The number of rotatable bonds is 0. The highest BCUT2D eigenvalue weighted by Gasteiger charge is 2.23. The van der Waals surface area contributed by atoms with Crippen LogP contribution in [0, 0.1) is 0 Å². The van der Waals surface area contributed by atoms with Crippen molar-refractivity contribution in [1.82, 2.24) is 0 Å². The van der Waals surface area contributed by atoms with Crippen molar-refractivity contribution >= 4 is 0 Å². The van der Waals surface area contributed by atoms with Crippen molar-refractivity contribution in [3.05, 3.63) is 47.2 Å². The quantitative estimate of drug-likeness (QED) is 0.585. The van der Waals surface area contributed by atoms with Crippen molar-refractivity contribution < 1.29 is 9.47 Å². The van der Waals surface area contributed by atoms with Crippen molar-refractivity contribution in [3.8, 4) is 0 Å². The molecule has 0 saturated carbocycles. The lowest BCUT2D eigenvalue weighted by Gasteiger charge is -2.12. The Morgan fingerprint density at radius 1 is 1.21 bits per heavy atom. The lowest BCUT2D eigenvalue weighted by atomic mass is 9.97. The van der Waals surface area contributed by atoms with Crippen LogP contribution in [0.1, 0.15) is 6.42 Å². The van der Waals surface area contributed by atoms with E-state index >= 15 is 0 Å². The molecule has 0 N–H and O–H groups in total. The normalized spacial score (nSPS) is 22.9. The zero-order valence-corrected chi connectivity index (χ0v) is 7.43. The van der Waals surface area contributed by atoms with Gasteiger partial charge in [-0.3, -0.25) is 0 Å². The number of hydrogen-bond acceptors (Lipinski definition) is 4. The molecule has 0 amide bonds. The monoisotopic (exact) mass is 188 g/mol. The zero-order chi connectivity index (χ0) is 9.38. The number of azo groups is 1. The summed E-state index contributed by atoms with van der Waals surface area (Å²) in [6.07, 6.45) is 8.07. The molecule has 14 heavy (non-hydrogen) atoms. The minimum absolute atomic E-state index is 0.326. The van der Waals surface area contributed by atoms with Gasteiger partial charge in [-0.2, -0.15) is 10.2 Å². The summed E-state index contributed by atoms with van der Waals surface area (Å²) in [5, 5.41) is 7.70. The minimum atomic E-state index is 0.326. The van der Waals surface area contributed by atoms with Gasteiger partial charge in [0.2, 0.25) is 6.79 Å². The van der Waals surface area contributed by atoms with E-state index in [2.05, 4.69) is 10.2 Å². The lowest BCUT2D eigenvalue weighted by Crippen LogP contribution is -1.98. The van der Waals surface area contributed by atoms with Gasteiger partial charge in [0, 0.05) is 6.42 Å². The van der Waals surface area contributed by atoms with Gasteiger partial charge in [-0.1, -0.05) is 0 Å². The molecule has 2 heterocycles. The van der Waals surface area contributed by atoms with Crippen molar-refractivity contribution in [2.75, 3.05) is 6.79 Å². The van der Waals surface area contributed by atoms with Crippen LogP contribution in [-0.4, -0.2) is 6.79 Å². The topological polar surface area (TPSA) is 43.2 Å². The molecule has 0 bridgehead atoms. The molecule has 1 aliphatic carbocycles. The summed E-state index contributed by atoms with van der Waals surface area (Å²) in [6, 6.07) is 0. The second-order valence-corrected chi connectivity index (χ2v) is 3.17. The van der Waals surface area contributed by atoms with Crippen LogP contribution in [0.2, 0.25) is 0 Å². The maximum Gasteiger partial charge on any atom is 0.230 e. The molecule has 0 unspecified atom stereocenters. The summed E-state index contributed by atoms with van der Waals surface area (Å²) >= 11 is 0. The van der Waals surface area contributed by atoms with E-state index < -0.39 is 0 Å². The fourth-order valence-corrected chi connectivity index (χ4v) is 1.62. The molecule has 0 atom stereocenters. The van der Waals surface area contributed by atoms with Crippen LogP contribution in [0.25, 0.3) is 0 Å². The van der Waals surface area contributed by atoms with Crippen LogP contribution in [0.15, 0.2) is 57.4 Å². The third-order valence-corrected chi connectivity index (χ3v) is 2.33. The van der Waals surface area contributed by atoms with E-state index in [0.717, 1.165) is 29.1 Å². The summed E-state index contributed by atoms with van der Waals surface area (Å²) in [7, 11) is 0. The largest absolute Gasteiger partial charge is 0.458 e. The highest BCUT2D eigenvalue weighted by Crippen LogP contribution is 2.34. The van der Waals surface area contributed by atoms with Gasteiger partial charge in [0.05, 0.1) is 12.4 Å². The van der Waals surface area contributed by atoms with Crippen LogP contribution in [0.3, 0.4) is 0 Å². The molecule has 0 aromatic carbocycles. The number of fused-ring (bicyclic) bond motifs is 1. The Bertz CT molecular complexity index is 427. The molecule has 4 nitrogen and oxygen atoms in total. The average molecular weight is 188 g/mol.